The quantitative estimate of drug-likeness (QED) is 0.547. The molecule has 0 aliphatic rings. The van der Waals surface area contributed by atoms with Crippen molar-refractivity contribution in [2.45, 2.75) is 6.54 Å². The number of aryl methyl sites for hydroxylation is 1. The number of hydrogen-bond donors (Lipinski definition) is 1. The molecule has 25 heavy (non-hydrogen) atoms. The molecule has 128 valence electrons. The maximum atomic E-state index is 12.1. The zero-order valence-corrected chi connectivity index (χ0v) is 13.7. The van der Waals surface area contributed by atoms with Crippen molar-refractivity contribution in [2.75, 3.05) is 5.32 Å². The zero-order valence-electron chi connectivity index (χ0n) is 13.0. The standard InChI is InChI=1S/C14H12ClN7O3/c1-20-12(6-11(18-20)9-2-4-10(15)5-3-9)17-13(23)7-21-8-16-14(19-21)22(24)25/h2-6,8H,7H2,1H3,(H,17,23). The lowest BCUT2D eigenvalue weighted by molar-refractivity contribution is -0.394. The van der Waals surface area contributed by atoms with Crippen LogP contribution in [0.4, 0.5) is 11.8 Å². The third-order valence-corrected chi connectivity index (χ3v) is 3.53. The molecule has 3 aromatic rings. The lowest BCUT2D eigenvalue weighted by Gasteiger charge is -2.03. The van der Waals surface area contributed by atoms with Gasteiger partial charge in [0.25, 0.3) is 0 Å². The Hall–Kier alpha value is -3.27. The van der Waals surface area contributed by atoms with Gasteiger partial charge in [0.15, 0.2) is 0 Å². The summed E-state index contributed by atoms with van der Waals surface area (Å²) in [5.41, 5.74) is 1.53. The summed E-state index contributed by atoms with van der Waals surface area (Å²) in [6.07, 6.45) is 1.13. The van der Waals surface area contributed by atoms with Crippen LogP contribution < -0.4 is 5.32 Å². The molecular formula is C14H12ClN7O3. The number of nitro groups is 1. The molecule has 0 aliphatic heterocycles. The van der Waals surface area contributed by atoms with E-state index in [1.807, 2.05) is 12.1 Å². The number of benzene rings is 1. The Morgan fingerprint density at radius 3 is 2.68 bits per heavy atom. The lowest BCUT2D eigenvalue weighted by atomic mass is 10.1. The van der Waals surface area contributed by atoms with Crippen molar-refractivity contribution in [3.8, 4) is 11.3 Å². The van der Waals surface area contributed by atoms with E-state index in [-0.39, 0.29) is 6.54 Å². The Morgan fingerprint density at radius 1 is 1.32 bits per heavy atom. The Labute approximate surface area is 146 Å². The molecule has 0 saturated heterocycles. The fourth-order valence-electron chi connectivity index (χ4n) is 2.12. The van der Waals surface area contributed by atoms with Crippen molar-refractivity contribution in [2.24, 2.45) is 7.05 Å². The number of carbonyl (C=O) groups is 1. The van der Waals surface area contributed by atoms with Crippen molar-refractivity contribution < 1.29 is 9.72 Å². The molecule has 0 aliphatic carbocycles. The summed E-state index contributed by atoms with van der Waals surface area (Å²) in [7, 11) is 1.69. The summed E-state index contributed by atoms with van der Waals surface area (Å²) in [6.45, 7) is -0.206. The fraction of sp³-hybridized carbons (Fsp3) is 0.143. The van der Waals surface area contributed by atoms with E-state index in [0.29, 0.717) is 16.5 Å². The van der Waals surface area contributed by atoms with Gasteiger partial charge in [-0.2, -0.15) is 9.78 Å². The number of amides is 1. The number of aromatic nitrogens is 5. The van der Waals surface area contributed by atoms with Crippen LogP contribution in [0.15, 0.2) is 36.7 Å². The smallest absolute Gasteiger partial charge is 0.390 e. The largest absolute Gasteiger partial charge is 0.490 e. The average molecular weight is 362 g/mol. The van der Waals surface area contributed by atoms with Crippen molar-refractivity contribution in [3.63, 3.8) is 0 Å². The number of nitrogens with one attached hydrogen (secondary N) is 1. The maximum Gasteiger partial charge on any atom is 0.490 e. The van der Waals surface area contributed by atoms with Gasteiger partial charge in [0, 0.05) is 28.8 Å². The highest BCUT2D eigenvalue weighted by Gasteiger charge is 2.16. The molecule has 1 N–H and O–H groups in total. The molecule has 0 radical (unpaired) electrons. The van der Waals surface area contributed by atoms with E-state index in [2.05, 4.69) is 20.5 Å². The van der Waals surface area contributed by atoms with Gasteiger partial charge in [-0.15, -0.1) is 0 Å². The van der Waals surface area contributed by atoms with Crippen LogP contribution in [0.3, 0.4) is 0 Å². The first-order valence-corrected chi connectivity index (χ1v) is 7.44. The van der Waals surface area contributed by atoms with E-state index in [9.17, 15) is 14.9 Å². The van der Waals surface area contributed by atoms with Crippen molar-refractivity contribution >= 4 is 29.3 Å². The molecule has 1 aromatic carbocycles. The first-order valence-electron chi connectivity index (χ1n) is 7.06. The zero-order chi connectivity index (χ0) is 18.0. The molecule has 0 fully saturated rings. The summed E-state index contributed by atoms with van der Waals surface area (Å²) in [5.74, 6) is -0.492. The SMILES string of the molecule is Cn1nc(-c2ccc(Cl)cc2)cc1NC(=O)Cn1cnc([N+](=O)[O-])n1. The Bertz CT molecular complexity index is 932. The molecule has 0 unspecified atom stereocenters. The maximum absolute atomic E-state index is 12.1. The van der Waals surface area contributed by atoms with Crippen LogP contribution in [0.25, 0.3) is 11.3 Å². The van der Waals surface area contributed by atoms with E-state index in [1.54, 1.807) is 25.2 Å². The van der Waals surface area contributed by atoms with E-state index < -0.39 is 16.8 Å². The minimum atomic E-state index is -0.728. The Morgan fingerprint density at radius 2 is 2.04 bits per heavy atom. The lowest BCUT2D eigenvalue weighted by Crippen LogP contribution is -2.20. The highest BCUT2D eigenvalue weighted by Crippen LogP contribution is 2.23. The highest BCUT2D eigenvalue weighted by molar-refractivity contribution is 6.30. The molecule has 0 bridgehead atoms. The second-order valence-electron chi connectivity index (χ2n) is 5.09. The van der Waals surface area contributed by atoms with Gasteiger partial charge in [0.1, 0.15) is 12.4 Å². The van der Waals surface area contributed by atoms with Gasteiger partial charge in [0.05, 0.1) is 5.69 Å². The summed E-state index contributed by atoms with van der Waals surface area (Å²) in [6, 6.07) is 8.86. The molecule has 0 spiro atoms. The van der Waals surface area contributed by atoms with E-state index >= 15 is 0 Å². The van der Waals surface area contributed by atoms with Gasteiger partial charge < -0.3 is 15.4 Å². The minimum absolute atomic E-state index is 0.206. The normalized spacial score (nSPS) is 10.6. The van der Waals surface area contributed by atoms with Gasteiger partial charge in [-0.1, -0.05) is 28.7 Å². The molecular weight excluding hydrogens is 350 g/mol. The molecule has 1 amide bonds. The summed E-state index contributed by atoms with van der Waals surface area (Å²) >= 11 is 5.86. The number of hydrogen-bond acceptors (Lipinski definition) is 6. The number of carbonyl (C=O) groups excluding carboxylic acids is 1. The van der Waals surface area contributed by atoms with Crippen LogP contribution >= 0.6 is 11.6 Å². The summed E-state index contributed by atoms with van der Waals surface area (Å²) in [4.78, 5) is 25.4. The molecule has 2 aromatic heterocycles. The minimum Gasteiger partial charge on any atom is -0.390 e. The summed E-state index contributed by atoms with van der Waals surface area (Å²) in [5, 5.41) is 21.8. The van der Waals surface area contributed by atoms with Crippen molar-refractivity contribution in [1.82, 2.24) is 24.5 Å². The van der Waals surface area contributed by atoms with Crippen LogP contribution in [-0.2, 0) is 18.4 Å². The van der Waals surface area contributed by atoms with Crippen molar-refractivity contribution in [1.29, 1.82) is 0 Å². The van der Waals surface area contributed by atoms with E-state index in [0.717, 1.165) is 16.6 Å². The predicted molar refractivity (Wildman–Crippen MR) is 89.0 cm³/mol. The van der Waals surface area contributed by atoms with Crippen LogP contribution in [0.5, 0.6) is 0 Å². The third-order valence-electron chi connectivity index (χ3n) is 3.28. The Balaban J connectivity index is 1.70. The van der Waals surface area contributed by atoms with Crippen molar-refractivity contribution in [3.05, 3.63) is 51.8 Å². The second-order valence-corrected chi connectivity index (χ2v) is 5.53. The molecule has 0 atom stereocenters. The molecule has 11 heteroatoms. The summed E-state index contributed by atoms with van der Waals surface area (Å²) < 4.78 is 2.61. The number of anilines is 1. The van der Waals surface area contributed by atoms with Gasteiger partial charge in [-0.3, -0.25) is 9.48 Å². The first kappa shape index (κ1) is 16.6. The van der Waals surface area contributed by atoms with Crippen LogP contribution in [0.1, 0.15) is 0 Å². The number of nitrogens with zero attached hydrogens (tertiary/aromatic N) is 6. The molecule has 0 saturated carbocycles. The van der Waals surface area contributed by atoms with Crippen LogP contribution in [0.2, 0.25) is 5.02 Å². The highest BCUT2D eigenvalue weighted by atomic mass is 35.5. The first-order chi connectivity index (χ1) is 11.9. The second kappa shape index (κ2) is 6.69. The number of halogens is 1. The van der Waals surface area contributed by atoms with Crippen LogP contribution in [-0.4, -0.2) is 35.4 Å². The molecule has 3 rings (SSSR count). The average Bonchev–Trinajstić information content (AvgIpc) is 3.16. The monoisotopic (exact) mass is 361 g/mol. The third kappa shape index (κ3) is 3.80. The van der Waals surface area contributed by atoms with Gasteiger partial charge >= 0.3 is 5.95 Å². The topological polar surface area (TPSA) is 121 Å². The van der Waals surface area contributed by atoms with Gasteiger partial charge in [0.2, 0.25) is 12.2 Å². The van der Waals surface area contributed by atoms with Gasteiger partial charge in [-0.25, -0.2) is 0 Å². The number of rotatable bonds is 5. The van der Waals surface area contributed by atoms with Gasteiger partial charge in [-0.05, 0) is 17.1 Å². The predicted octanol–water partition coefficient (Wildman–Crippen LogP) is 1.88. The van der Waals surface area contributed by atoms with E-state index in [4.69, 9.17) is 11.6 Å². The van der Waals surface area contributed by atoms with Crippen LogP contribution in [0, 0.1) is 10.1 Å². The molecule has 10 nitrogen and oxygen atoms in total. The van der Waals surface area contributed by atoms with E-state index in [1.165, 1.54) is 4.68 Å². The fourth-order valence-corrected chi connectivity index (χ4v) is 2.25. The Kier molecular flexibility index (Phi) is 4.44. The molecule has 2 heterocycles.